The van der Waals surface area contributed by atoms with Gasteiger partial charge in [0.2, 0.25) is 0 Å². The number of nitrogens with zero attached hydrogens (tertiary/aromatic N) is 1. The molecule has 2 aromatic rings. The monoisotopic (exact) mass is 206 g/mol. The molecule has 0 N–H and O–H groups in total. The van der Waals surface area contributed by atoms with Gasteiger partial charge in [-0.3, -0.25) is 0 Å². The van der Waals surface area contributed by atoms with Crippen molar-refractivity contribution in [2.45, 2.75) is 0 Å². The summed E-state index contributed by atoms with van der Waals surface area (Å²) in [4.78, 5) is 14.8. The number of fused-ring (bicyclic) bond motifs is 1. The van der Waals surface area contributed by atoms with Gasteiger partial charge < -0.3 is 0 Å². The minimum atomic E-state index is -1.24. The molecule has 0 atom stereocenters. The van der Waals surface area contributed by atoms with Gasteiger partial charge in [0, 0.05) is 5.39 Å². The molecule has 0 saturated carbocycles. The van der Waals surface area contributed by atoms with Gasteiger partial charge in [0.1, 0.15) is 5.15 Å². The van der Waals surface area contributed by atoms with E-state index in [1.807, 2.05) is 0 Å². The average Bonchev–Trinajstić information content (AvgIpc) is 2.16. The van der Waals surface area contributed by atoms with Crippen LogP contribution in [0.5, 0.6) is 0 Å². The minimum absolute atomic E-state index is 0.0700. The van der Waals surface area contributed by atoms with Crippen LogP contribution in [0.1, 0.15) is 10.4 Å². The van der Waals surface area contributed by atoms with E-state index in [2.05, 4.69) is 4.98 Å². The number of rotatable bonds is 1. The zero-order valence-corrected chi connectivity index (χ0v) is 7.78. The zero-order valence-electron chi connectivity index (χ0n) is 7.03. The fraction of sp³-hybridized carbons (Fsp3) is 0. The lowest BCUT2D eigenvalue weighted by Gasteiger charge is -2.00. The fourth-order valence-electron chi connectivity index (χ4n) is 1.31. The molecule has 0 spiro atoms. The first-order valence-corrected chi connectivity index (χ1v) is 4.33. The third kappa shape index (κ3) is 1.42. The molecule has 0 amide bonds. The number of carbonyl (C=O) groups is 1. The van der Waals surface area contributed by atoms with Gasteiger partial charge in [-0.05, 0) is 12.1 Å². The van der Waals surface area contributed by atoms with Crippen molar-refractivity contribution in [3.8, 4) is 0 Å². The van der Waals surface area contributed by atoms with Crippen molar-refractivity contribution in [3.05, 3.63) is 41.0 Å². The van der Waals surface area contributed by atoms with Crippen LogP contribution in [0.15, 0.2) is 30.3 Å². The molecule has 14 heavy (non-hydrogen) atoms. The summed E-state index contributed by atoms with van der Waals surface area (Å²) in [6, 6.07) is 8.17. The summed E-state index contributed by atoms with van der Waals surface area (Å²) in [6.07, 6.45) is 0. The van der Waals surface area contributed by atoms with E-state index in [-0.39, 0.29) is 10.7 Å². The third-order valence-corrected chi connectivity index (χ3v) is 2.10. The quantitative estimate of drug-likeness (QED) is 0.673. The van der Waals surface area contributed by atoms with Crippen LogP contribution in [0, 0.1) is 0 Å². The van der Waals surface area contributed by atoms with Crippen LogP contribution in [0.25, 0.3) is 10.9 Å². The Labute approximate surface area is 85.0 Å². The van der Waals surface area contributed by atoms with Crippen molar-refractivity contribution in [2.24, 2.45) is 0 Å². The van der Waals surface area contributed by atoms with E-state index >= 15 is 0 Å². The minimum Gasteiger partial charge on any atom is -0.241 e. The summed E-state index contributed by atoms with van der Waals surface area (Å²) in [5.74, 6) is -1.24. The molecule has 0 aliphatic heterocycles. The molecule has 3 nitrogen and oxygen atoms in total. The highest BCUT2D eigenvalue weighted by atomic mass is 35.5. The number of para-hydroxylation sites is 1. The Morgan fingerprint density at radius 3 is 2.71 bits per heavy atom. The highest BCUT2D eigenvalue weighted by molar-refractivity contribution is 6.30. The number of aromatic nitrogens is 1. The van der Waals surface area contributed by atoms with Crippen molar-refractivity contribution in [1.82, 2.24) is 4.98 Å². The van der Waals surface area contributed by atoms with Crippen LogP contribution in [-0.2, 0) is 5.11 Å². The van der Waals surface area contributed by atoms with E-state index in [1.165, 1.54) is 6.07 Å². The van der Waals surface area contributed by atoms with E-state index in [1.54, 1.807) is 24.3 Å². The maximum absolute atomic E-state index is 10.8. The number of pyridine rings is 1. The maximum atomic E-state index is 10.8. The smallest absolute Gasteiger partial charge is 0.241 e. The van der Waals surface area contributed by atoms with Crippen LogP contribution < -0.4 is 0 Å². The molecule has 0 bridgehead atoms. The molecular weight excluding hydrogens is 202 g/mol. The van der Waals surface area contributed by atoms with Crippen molar-refractivity contribution < 1.29 is 9.90 Å². The Hall–Kier alpha value is -1.61. The van der Waals surface area contributed by atoms with Gasteiger partial charge in [0.25, 0.3) is 0 Å². The molecule has 0 aliphatic carbocycles. The molecule has 1 aromatic heterocycles. The number of halogens is 1. The van der Waals surface area contributed by atoms with E-state index in [4.69, 9.17) is 11.6 Å². The molecule has 69 valence electrons. The first-order chi connectivity index (χ1) is 6.68. The van der Waals surface area contributed by atoms with Crippen LogP contribution in [-0.4, -0.2) is 11.0 Å². The molecule has 1 aromatic carbocycles. The summed E-state index contributed by atoms with van der Waals surface area (Å²) in [5, 5.41) is 11.5. The molecule has 0 unspecified atom stereocenters. The van der Waals surface area contributed by atoms with Gasteiger partial charge >= 0.3 is 5.97 Å². The summed E-state index contributed by atoms with van der Waals surface area (Å²) >= 11 is 5.67. The second kappa shape index (κ2) is 3.27. The molecule has 0 fully saturated rings. The van der Waals surface area contributed by atoms with Gasteiger partial charge in [-0.2, -0.15) is 0 Å². The number of hydrogen-bond donors (Lipinski definition) is 0. The second-order valence-electron chi connectivity index (χ2n) is 2.80. The van der Waals surface area contributed by atoms with Gasteiger partial charge in [0.15, 0.2) is 0 Å². The normalized spacial score (nSPS) is 10.4. The Morgan fingerprint density at radius 2 is 2.00 bits per heavy atom. The molecule has 0 aliphatic rings. The summed E-state index contributed by atoms with van der Waals surface area (Å²) in [5.41, 5.74) is 0.625. The Bertz CT molecular complexity index is 510. The van der Waals surface area contributed by atoms with Gasteiger partial charge in [-0.1, -0.05) is 29.8 Å². The maximum Gasteiger partial charge on any atom is 0.387 e. The van der Waals surface area contributed by atoms with Crippen molar-refractivity contribution in [3.63, 3.8) is 0 Å². The number of carbonyl (C=O) groups excluding carboxylic acids is 1. The number of hydrogen-bond acceptors (Lipinski definition) is 2. The molecular formula is C10H5ClNO2. The van der Waals surface area contributed by atoms with E-state index in [0.29, 0.717) is 10.9 Å². The summed E-state index contributed by atoms with van der Waals surface area (Å²) < 4.78 is 0. The van der Waals surface area contributed by atoms with Crippen molar-refractivity contribution >= 4 is 28.5 Å². The lowest BCUT2D eigenvalue weighted by atomic mass is 10.1. The Morgan fingerprint density at radius 1 is 1.29 bits per heavy atom. The first-order valence-electron chi connectivity index (χ1n) is 3.95. The third-order valence-electron chi connectivity index (χ3n) is 1.90. The van der Waals surface area contributed by atoms with Crippen molar-refractivity contribution in [2.75, 3.05) is 0 Å². The summed E-state index contributed by atoms with van der Waals surface area (Å²) in [6.45, 7) is 0. The predicted molar refractivity (Wildman–Crippen MR) is 51.8 cm³/mol. The standard InChI is InChI=1S/C10H5ClNO2/c11-9-5-7(10(13)14)6-3-1-2-4-8(6)12-9/h1-5H. The molecule has 4 heteroatoms. The van der Waals surface area contributed by atoms with Crippen LogP contribution in [0.2, 0.25) is 5.15 Å². The summed E-state index contributed by atoms with van der Waals surface area (Å²) in [7, 11) is 0. The van der Waals surface area contributed by atoms with Crippen LogP contribution >= 0.6 is 11.6 Å². The largest absolute Gasteiger partial charge is 0.387 e. The zero-order chi connectivity index (χ0) is 10.1. The lowest BCUT2D eigenvalue weighted by molar-refractivity contribution is 0.0575. The molecule has 1 radical (unpaired) electrons. The van der Waals surface area contributed by atoms with E-state index < -0.39 is 5.97 Å². The van der Waals surface area contributed by atoms with E-state index in [0.717, 1.165) is 0 Å². The SMILES string of the molecule is [O]C(=O)c1cc(Cl)nc2ccccc12. The Balaban J connectivity index is 2.87. The Kier molecular flexibility index (Phi) is 2.09. The molecule has 1 heterocycles. The first kappa shape index (κ1) is 8.97. The number of benzene rings is 1. The van der Waals surface area contributed by atoms with Gasteiger partial charge in [0.05, 0.1) is 11.1 Å². The fourth-order valence-corrected chi connectivity index (χ4v) is 1.51. The molecule has 0 saturated heterocycles. The topological polar surface area (TPSA) is 49.9 Å². The molecule has 2 rings (SSSR count). The van der Waals surface area contributed by atoms with Crippen LogP contribution in [0.3, 0.4) is 0 Å². The van der Waals surface area contributed by atoms with Gasteiger partial charge in [-0.15, -0.1) is 0 Å². The van der Waals surface area contributed by atoms with E-state index in [9.17, 15) is 9.90 Å². The van der Waals surface area contributed by atoms with Crippen LogP contribution in [0.4, 0.5) is 0 Å². The second-order valence-corrected chi connectivity index (χ2v) is 3.18. The highest BCUT2D eigenvalue weighted by Crippen LogP contribution is 2.20. The van der Waals surface area contributed by atoms with Gasteiger partial charge in [-0.25, -0.2) is 14.9 Å². The highest BCUT2D eigenvalue weighted by Gasteiger charge is 2.11. The average molecular weight is 207 g/mol. The predicted octanol–water partition coefficient (Wildman–Crippen LogP) is 2.46. The van der Waals surface area contributed by atoms with Crippen molar-refractivity contribution in [1.29, 1.82) is 0 Å². The lowest BCUT2D eigenvalue weighted by Crippen LogP contribution is -1.97.